The lowest BCUT2D eigenvalue weighted by Gasteiger charge is -2.24. The zero-order chi connectivity index (χ0) is 11.2. The fourth-order valence-corrected chi connectivity index (χ4v) is 1.41. The Bertz CT molecular complexity index is 177. The molecule has 0 aromatic rings. The van der Waals surface area contributed by atoms with Crippen LogP contribution in [0.15, 0.2) is 0 Å². The fraction of sp³-hybridized carbons (Fsp3) is 0.909. The minimum atomic E-state index is -0.716. The van der Waals surface area contributed by atoms with Gasteiger partial charge in [0.2, 0.25) is 0 Å². The molecule has 0 radical (unpaired) electrons. The van der Waals surface area contributed by atoms with E-state index in [1.54, 1.807) is 6.92 Å². The lowest BCUT2D eigenvalue weighted by Crippen LogP contribution is -2.29. The molecule has 0 saturated heterocycles. The summed E-state index contributed by atoms with van der Waals surface area (Å²) in [6, 6.07) is 0. The van der Waals surface area contributed by atoms with Crippen LogP contribution >= 0.6 is 0 Å². The fourth-order valence-electron chi connectivity index (χ4n) is 1.41. The summed E-state index contributed by atoms with van der Waals surface area (Å²) in [7, 11) is 0. The van der Waals surface area contributed by atoms with Crippen LogP contribution in [-0.2, 0) is 9.53 Å². The molecule has 0 amide bonds. The van der Waals surface area contributed by atoms with Crippen LogP contribution < -0.4 is 0 Å². The Morgan fingerprint density at radius 1 is 1.43 bits per heavy atom. The number of hydrogen-bond donors (Lipinski definition) is 1. The van der Waals surface area contributed by atoms with Crippen molar-refractivity contribution in [1.29, 1.82) is 0 Å². The van der Waals surface area contributed by atoms with E-state index in [-0.39, 0.29) is 6.10 Å². The number of carbonyl (C=O) groups is 1. The normalized spacial score (nSPS) is 15.5. The first-order valence-electron chi connectivity index (χ1n) is 5.27. The Hall–Kier alpha value is -0.570. The molecule has 0 aromatic heterocycles. The van der Waals surface area contributed by atoms with E-state index in [4.69, 9.17) is 9.84 Å². The maximum absolute atomic E-state index is 11.0. The van der Waals surface area contributed by atoms with E-state index in [0.717, 1.165) is 6.42 Å². The van der Waals surface area contributed by atoms with E-state index in [1.165, 1.54) is 0 Å². The minimum Gasteiger partial charge on any atom is -0.481 e. The van der Waals surface area contributed by atoms with Gasteiger partial charge in [0.1, 0.15) is 0 Å². The van der Waals surface area contributed by atoms with E-state index >= 15 is 0 Å². The number of ether oxygens (including phenoxy) is 1. The Morgan fingerprint density at radius 2 is 2.00 bits per heavy atom. The molecule has 0 aliphatic carbocycles. The molecule has 3 heteroatoms. The van der Waals surface area contributed by atoms with Crippen molar-refractivity contribution in [2.45, 2.75) is 53.1 Å². The van der Waals surface area contributed by atoms with Gasteiger partial charge in [-0.15, -0.1) is 0 Å². The second kappa shape index (κ2) is 6.02. The Morgan fingerprint density at radius 3 is 2.36 bits per heavy atom. The van der Waals surface area contributed by atoms with Gasteiger partial charge in [-0.3, -0.25) is 4.79 Å². The van der Waals surface area contributed by atoms with Crippen LogP contribution in [0.4, 0.5) is 0 Å². The van der Waals surface area contributed by atoms with E-state index < -0.39 is 11.4 Å². The van der Waals surface area contributed by atoms with Crippen molar-refractivity contribution in [2.24, 2.45) is 5.41 Å². The monoisotopic (exact) mass is 202 g/mol. The number of rotatable bonds is 7. The summed E-state index contributed by atoms with van der Waals surface area (Å²) >= 11 is 0. The highest BCUT2D eigenvalue weighted by Gasteiger charge is 2.31. The Balaban J connectivity index is 4.03. The predicted octanol–water partition coefficient (Wildman–Crippen LogP) is 2.69. The van der Waals surface area contributed by atoms with E-state index in [0.29, 0.717) is 19.4 Å². The molecular formula is C11H22O3. The van der Waals surface area contributed by atoms with Crippen molar-refractivity contribution in [2.75, 3.05) is 6.61 Å². The average Bonchev–Trinajstić information content (AvgIpc) is 2.03. The summed E-state index contributed by atoms with van der Waals surface area (Å²) in [5, 5.41) is 9.07. The molecule has 0 aliphatic rings. The SMILES string of the molecule is CCCC(C)(CCOC(C)C)C(=O)O. The second-order valence-corrected chi connectivity index (χ2v) is 4.29. The van der Waals surface area contributed by atoms with Gasteiger partial charge in [0.25, 0.3) is 0 Å². The maximum atomic E-state index is 11.0. The molecular weight excluding hydrogens is 180 g/mol. The zero-order valence-corrected chi connectivity index (χ0v) is 9.67. The predicted molar refractivity (Wildman–Crippen MR) is 56.4 cm³/mol. The van der Waals surface area contributed by atoms with Crippen molar-refractivity contribution < 1.29 is 14.6 Å². The molecule has 14 heavy (non-hydrogen) atoms. The first-order valence-corrected chi connectivity index (χ1v) is 5.27. The molecule has 0 saturated carbocycles. The molecule has 0 heterocycles. The zero-order valence-electron chi connectivity index (χ0n) is 9.67. The van der Waals surface area contributed by atoms with Gasteiger partial charge in [0, 0.05) is 6.61 Å². The molecule has 0 aliphatic heterocycles. The van der Waals surface area contributed by atoms with Gasteiger partial charge in [0.05, 0.1) is 11.5 Å². The van der Waals surface area contributed by atoms with Crippen molar-refractivity contribution >= 4 is 5.97 Å². The van der Waals surface area contributed by atoms with E-state index in [1.807, 2.05) is 20.8 Å². The summed E-state index contributed by atoms with van der Waals surface area (Å²) in [6.07, 6.45) is 2.37. The van der Waals surface area contributed by atoms with Crippen LogP contribution in [0, 0.1) is 5.41 Å². The first-order chi connectivity index (χ1) is 6.42. The van der Waals surface area contributed by atoms with Gasteiger partial charge in [-0.1, -0.05) is 13.3 Å². The number of carboxylic acids is 1. The van der Waals surface area contributed by atoms with Crippen LogP contribution in [0.5, 0.6) is 0 Å². The van der Waals surface area contributed by atoms with E-state index in [9.17, 15) is 4.79 Å². The summed E-state index contributed by atoms with van der Waals surface area (Å²) < 4.78 is 5.37. The Kier molecular flexibility index (Phi) is 5.77. The van der Waals surface area contributed by atoms with Crippen molar-refractivity contribution in [3.05, 3.63) is 0 Å². The lowest BCUT2D eigenvalue weighted by atomic mass is 9.83. The number of carboxylic acid groups (broad SMARTS) is 1. The third-order valence-electron chi connectivity index (χ3n) is 2.42. The van der Waals surface area contributed by atoms with Crippen molar-refractivity contribution in [3.8, 4) is 0 Å². The Labute approximate surface area is 86.5 Å². The summed E-state index contributed by atoms with van der Waals surface area (Å²) in [5.41, 5.74) is -0.621. The quantitative estimate of drug-likeness (QED) is 0.690. The topological polar surface area (TPSA) is 46.5 Å². The molecule has 0 bridgehead atoms. The lowest BCUT2D eigenvalue weighted by molar-refractivity contribution is -0.149. The van der Waals surface area contributed by atoms with Gasteiger partial charge in [-0.25, -0.2) is 0 Å². The van der Waals surface area contributed by atoms with Crippen LogP contribution in [0.3, 0.4) is 0 Å². The smallest absolute Gasteiger partial charge is 0.309 e. The largest absolute Gasteiger partial charge is 0.481 e. The molecule has 0 fully saturated rings. The summed E-state index contributed by atoms with van der Waals surface area (Å²) in [6.45, 7) is 8.24. The molecule has 1 N–H and O–H groups in total. The van der Waals surface area contributed by atoms with Gasteiger partial charge >= 0.3 is 5.97 Å². The molecule has 1 unspecified atom stereocenters. The molecule has 84 valence electrons. The highest BCUT2D eigenvalue weighted by Crippen LogP contribution is 2.27. The van der Waals surface area contributed by atoms with Crippen LogP contribution in [-0.4, -0.2) is 23.8 Å². The van der Waals surface area contributed by atoms with Crippen molar-refractivity contribution in [1.82, 2.24) is 0 Å². The standard InChI is InChI=1S/C11H22O3/c1-5-6-11(4,10(12)13)7-8-14-9(2)3/h9H,5-8H2,1-4H3,(H,12,13). The van der Waals surface area contributed by atoms with Gasteiger partial charge in [-0.2, -0.15) is 0 Å². The van der Waals surface area contributed by atoms with Crippen LogP contribution in [0.25, 0.3) is 0 Å². The summed E-state index contributed by atoms with van der Waals surface area (Å²) in [5.74, 6) is -0.716. The molecule has 3 nitrogen and oxygen atoms in total. The summed E-state index contributed by atoms with van der Waals surface area (Å²) in [4.78, 5) is 11.0. The first kappa shape index (κ1) is 13.4. The van der Waals surface area contributed by atoms with E-state index in [2.05, 4.69) is 0 Å². The maximum Gasteiger partial charge on any atom is 0.309 e. The average molecular weight is 202 g/mol. The molecule has 0 aromatic carbocycles. The highest BCUT2D eigenvalue weighted by molar-refractivity contribution is 5.74. The van der Waals surface area contributed by atoms with Crippen LogP contribution in [0.2, 0.25) is 0 Å². The molecule has 0 rings (SSSR count). The minimum absolute atomic E-state index is 0.176. The van der Waals surface area contributed by atoms with Gasteiger partial charge in [-0.05, 0) is 33.6 Å². The highest BCUT2D eigenvalue weighted by atomic mass is 16.5. The molecule has 1 atom stereocenters. The van der Waals surface area contributed by atoms with Crippen LogP contribution in [0.1, 0.15) is 47.0 Å². The third-order valence-corrected chi connectivity index (χ3v) is 2.42. The second-order valence-electron chi connectivity index (χ2n) is 4.29. The number of hydrogen-bond acceptors (Lipinski definition) is 2. The van der Waals surface area contributed by atoms with Gasteiger partial charge in [0.15, 0.2) is 0 Å². The number of aliphatic carboxylic acids is 1. The van der Waals surface area contributed by atoms with Crippen molar-refractivity contribution in [3.63, 3.8) is 0 Å². The third kappa shape index (κ3) is 4.61. The van der Waals surface area contributed by atoms with Gasteiger partial charge < -0.3 is 9.84 Å². The molecule has 0 spiro atoms.